The molecule has 0 atom stereocenters. The second-order valence-corrected chi connectivity index (χ2v) is 5.10. The van der Waals surface area contributed by atoms with Crippen molar-refractivity contribution < 1.29 is 0 Å². The molecule has 0 spiro atoms. The number of fused-ring (bicyclic) bond motifs is 1. The summed E-state index contributed by atoms with van der Waals surface area (Å²) in [6.45, 7) is 1.64. The average molecular weight is 287 g/mol. The maximum absolute atomic E-state index is 7.61. The molecule has 4 nitrogen and oxygen atoms in total. The minimum Gasteiger partial charge on any atom is -0.398 e. The van der Waals surface area contributed by atoms with E-state index in [2.05, 4.69) is 10.2 Å². The van der Waals surface area contributed by atoms with Gasteiger partial charge < -0.3 is 21.4 Å². The van der Waals surface area contributed by atoms with Gasteiger partial charge in [-0.3, -0.25) is 0 Å². The molecular weight excluding hydrogens is 272 g/mol. The highest BCUT2D eigenvalue weighted by atomic mass is 35.5. The number of halogens is 1. The summed E-state index contributed by atoms with van der Waals surface area (Å²) in [4.78, 5) is 2.15. The second-order valence-electron chi connectivity index (χ2n) is 4.67. The first-order valence-corrected chi connectivity index (χ1v) is 6.78. The molecule has 0 unspecified atom stereocenters. The van der Waals surface area contributed by atoms with E-state index in [1.807, 2.05) is 30.3 Å². The topological polar surface area (TPSA) is 65.1 Å². The van der Waals surface area contributed by atoms with E-state index >= 15 is 0 Å². The summed E-state index contributed by atoms with van der Waals surface area (Å²) in [6.07, 6.45) is 1.28. The Labute approximate surface area is 122 Å². The predicted octanol–water partition coefficient (Wildman–Crippen LogP) is 3.48. The van der Waals surface area contributed by atoms with Crippen molar-refractivity contribution in [3.8, 4) is 0 Å². The second kappa shape index (κ2) is 5.06. The Kier molecular flexibility index (Phi) is 3.24. The highest BCUT2D eigenvalue weighted by Crippen LogP contribution is 2.38. The molecule has 0 bridgehead atoms. The summed E-state index contributed by atoms with van der Waals surface area (Å²) < 4.78 is 0. The third-order valence-corrected chi connectivity index (χ3v) is 3.65. The first-order valence-electron chi connectivity index (χ1n) is 6.40. The van der Waals surface area contributed by atoms with Gasteiger partial charge in [-0.25, -0.2) is 0 Å². The molecule has 2 aromatic carbocycles. The molecule has 0 aliphatic carbocycles. The van der Waals surface area contributed by atoms with Crippen LogP contribution >= 0.6 is 11.6 Å². The van der Waals surface area contributed by atoms with Gasteiger partial charge in [-0.15, -0.1) is 0 Å². The van der Waals surface area contributed by atoms with E-state index in [4.69, 9.17) is 22.7 Å². The molecule has 102 valence electrons. The van der Waals surface area contributed by atoms with Crippen LogP contribution < -0.4 is 16.0 Å². The largest absolute Gasteiger partial charge is 0.398 e. The molecule has 0 amide bonds. The summed E-state index contributed by atoms with van der Waals surface area (Å²) in [5.41, 5.74) is 10.2. The molecule has 20 heavy (non-hydrogen) atoms. The Bertz CT molecular complexity index is 669. The third kappa shape index (κ3) is 2.08. The van der Waals surface area contributed by atoms with Crippen LogP contribution in [0.2, 0.25) is 5.02 Å². The number of nitrogens with one attached hydrogen (secondary N) is 2. The molecular formula is C15H15ClN4. The Morgan fingerprint density at radius 2 is 2.05 bits per heavy atom. The Morgan fingerprint density at radius 1 is 1.25 bits per heavy atom. The summed E-state index contributed by atoms with van der Waals surface area (Å²) in [7, 11) is 0. The zero-order chi connectivity index (χ0) is 14.1. The molecule has 1 aliphatic heterocycles. The molecule has 0 saturated heterocycles. The number of nitrogens with two attached hydrogens (primary N) is 1. The molecule has 0 radical (unpaired) electrons. The van der Waals surface area contributed by atoms with Crippen LogP contribution in [0.5, 0.6) is 0 Å². The van der Waals surface area contributed by atoms with Gasteiger partial charge in [0.05, 0.1) is 17.1 Å². The fourth-order valence-electron chi connectivity index (χ4n) is 2.54. The SMILES string of the molecule is N=Cc1c(N)cc(Cl)cc1N1CCNc2ccccc21. The van der Waals surface area contributed by atoms with Gasteiger partial charge in [0, 0.05) is 35.6 Å². The van der Waals surface area contributed by atoms with Crippen molar-refractivity contribution in [2.75, 3.05) is 29.0 Å². The van der Waals surface area contributed by atoms with Crippen LogP contribution in [0.25, 0.3) is 0 Å². The van der Waals surface area contributed by atoms with Gasteiger partial charge >= 0.3 is 0 Å². The lowest BCUT2D eigenvalue weighted by Crippen LogP contribution is -2.30. The molecule has 2 aromatic rings. The van der Waals surface area contributed by atoms with Crippen molar-refractivity contribution in [2.45, 2.75) is 0 Å². The van der Waals surface area contributed by atoms with E-state index in [0.717, 1.165) is 30.2 Å². The summed E-state index contributed by atoms with van der Waals surface area (Å²) in [5, 5.41) is 11.6. The van der Waals surface area contributed by atoms with E-state index in [-0.39, 0.29) is 0 Å². The van der Waals surface area contributed by atoms with Crippen LogP contribution in [0.3, 0.4) is 0 Å². The molecule has 4 N–H and O–H groups in total. The minimum absolute atomic E-state index is 0.526. The number of hydrogen-bond acceptors (Lipinski definition) is 4. The number of benzene rings is 2. The van der Waals surface area contributed by atoms with E-state index in [1.54, 1.807) is 6.07 Å². The van der Waals surface area contributed by atoms with Crippen molar-refractivity contribution in [3.05, 3.63) is 47.0 Å². The van der Waals surface area contributed by atoms with Gasteiger partial charge in [-0.2, -0.15) is 0 Å². The number of hydrogen-bond donors (Lipinski definition) is 3. The Hall–Kier alpha value is -2.20. The van der Waals surface area contributed by atoms with E-state index < -0.39 is 0 Å². The van der Waals surface area contributed by atoms with Gasteiger partial charge in [0.2, 0.25) is 0 Å². The van der Waals surface area contributed by atoms with Crippen LogP contribution in [0.15, 0.2) is 36.4 Å². The first-order chi connectivity index (χ1) is 9.70. The molecule has 0 saturated carbocycles. The van der Waals surface area contributed by atoms with Crippen molar-refractivity contribution in [3.63, 3.8) is 0 Å². The van der Waals surface area contributed by atoms with Crippen LogP contribution in [0.1, 0.15) is 5.56 Å². The number of para-hydroxylation sites is 2. The van der Waals surface area contributed by atoms with Crippen LogP contribution in [-0.4, -0.2) is 19.3 Å². The van der Waals surface area contributed by atoms with Crippen molar-refractivity contribution in [1.29, 1.82) is 5.41 Å². The smallest absolute Gasteiger partial charge is 0.0647 e. The molecule has 1 heterocycles. The molecule has 3 rings (SSSR count). The minimum atomic E-state index is 0.526. The lowest BCUT2D eigenvalue weighted by atomic mass is 10.1. The highest BCUT2D eigenvalue weighted by molar-refractivity contribution is 6.31. The molecule has 1 aliphatic rings. The summed E-state index contributed by atoms with van der Waals surface area (Å²) in [6, 6.07) is 11.6. The summed E-state index contributed by atoms with van der Waals surface area (Å²) >= 11 is 6.13. The third-order valence-electron chi connectivity index (χ3n) is 3.44. The fourth-order valence-corrected chi connectivity index (χ4v) is 2.76. The number of nitrogens with zero attached hydrogens (tertiary/aromatic N) is 1. The normalized spacial score (nSPS) is 13.6. The van der Waals surface area contributed by atoms with Crippen molar-refractivity contribution in [1.82, 2.24) is 0 Å². The molecule has 0 fully saturated rings. The number of rotatable bonds is 2. The zero-order valence-corrected chi connectivity index (χ0v) is 11.6. The zero-order valence-electron chi connectivity index (χ0n) is 10.9. The Balaban J connectivity index is 2.18. The molecule has 5 heteroatoms. The van der Waals surface area contributed by atoms with Crippen molar-refractivity contribution >= 4 is 40.6 Å². The van der Waals surface area contributed by atoms with Crippen LogP contribution in [0.4, 0.5) is 22.7 Å². The van der Waals surface area contributed by atoms with Crippen LogP contribution in [0, 0.1) is 5.41 Å². The lowest BCUT2D eigenvalue weighted by Gasteiger charge is -2.33. The Morgan fingerprint density at radius 3 is 2.85 bits per heavy atom. The van der Waals surface area contributed by atoms with E-state index in [9.17, 15) is 0 Å². The highest BCUT2D eigenvalue weighted by Gasteiger charge is 2.20. The maximum Gasteiger partial charge on any atom is 0.0647 e. The number of nitrogen functional groups attached to an aromatic ring is 1. The monoisotopic (exact) mass is 286 g/mol. The number of anilines is 4. The lowest BCUT2D eigenvalue weighted by molar-refractivity contribution is 0.926. The van der Waals surface area contributed by atoms with Gasteiger partial charge in [0.15, 0.2) is 0 Å². The van der Waals surface area contributed by atoms with Gasteiger partial charge in [-0.05, 0) is 24.3 Å². The van der Waals surface area contributed by atoms with E-state index in [1.165, 1.54) is 6.21 Å². The van der Waals surface area contributed by atoms with Gasteiger partial charge in [0.1, 0.15) is 0 Å². The predicted molar refractivity (Wildman–Crippen MR) is 85.7 cm³/mol. The fraction of sp³-hybridized carbons (Fsp3) is 0.133. The van der Waals surface area contributed by atoms with E-state index in [0.29, 0.717) is 16.3 Å². The average Bonchev–Trinajstić information content (AvgIpc) is 2.46. The maximum atomic E-state index is 7.61. The quantitative estimate of drug-likeness (QED) is 0.585. The standard InChI is InChI=1S/C15H15ClN4/c16-10-7-12(18)11(9-17)15(8-10)20-6-5-19-13-3-1-2-4-14(13)20/h1-4,7-9,17,19H,5-6,18H2. The van der Waals surface area contributed by atoms with Gasteiger partial charge in [-0.1, -0.05) is 23.7 Å². The van der Waals surface area contributed by atoms with Crippen LogP contribution in [-0.2, 0) is 0 Å². The van der Waals surface area contributed by atoms with Gasteiger partial charge in [0.25, 0.3) is 0 Å². The first kappa shape index (κ1) is 12.8. The molecule has 0 aromatic heterocycles. The van der Waals surface area contributed by atoms with Crippen molar-refractivity contribution in [2.24, 2.45) is 0 Å². The summed E-state index contributed by atoms with van der Waals surface area (Å²) in [5.74, 6) is 0.